The van der Waals surface area contributed by atoms with E-state index in [-0.39, 0.29) is 80.3 Å². The summed E-state index contributed by atoms with van der Waals surface area (Å²) >= 11 is 0. The number of fused-ring (bicyclic) bond motifs is 6. The molecule has 2 heterocycles. The van der Waals surface area contributed by atoms with Crippen molar-refractivity contribution in [3.63, 3.8) is 0 Å². The van der Waals surface area contributed by atoms with Crippen LogP contribution in [0.3, 0.4) is 0 Å². The van der Waals surface area contributed by atoms with Crippen molar-refractivity contribution in [2.45, 2.75) is 66.6 Å². The Balaban J connectivity index is 0.000000526. The van der Waals surface area contributed by atoms with E-state index in [0.29, 0.717) is 0 Å². The molecule has 0 saturated heterocycles. The first-order valence-corrected chi connectivity index (χ1v) is 21.8. The van der Waals surface area contributed by atoms with Gasteiger partial charge >= 0.3 is 0 Å². The molecule has 326 valence electrons. The normalized spacial score (nSPS) is 12.2. The SMILES string of the molecule is C1=CC(c2ccccc2)(c2ccccc2)Oc2c1ccc1ccccc21.C1=CC(c2ccccc2)(c2ccccc2)Oc2ccc3ccccc3c21.CC.CC.CC.CC.[CH3-].[CH3-].[Y].[Y]. The van der Waals surface area contributed by atoms with Gasteiger partial charge in [0.25, 0.3) is 0 Å². The Morgan fingerprint density at radius 3 is 1.12 bits per heavy atom. The molecule has 0 aliphatic carbocycles. The Kier molecular flexibility index (Phi) is 26.2. The van der Waals surface area contributed by atoms with Gasteiger partial charge in [0.05, 0.1) is 0 Å². The number of benzene rings is 8. The summed E-state index contributed by atoms with van der Waals surface area (Å²) in [5.74, 6) is 1.86. The van der Waals surface area contributed by atoms with Crippen molar-refractivity contribution < 1.29 is 74.9 Å². The molecule has 2 radical (unpaired) electrons. The Morgan fingerprint density at radius 2 is 0.672 bits per heavy atom. The third kappa shape index (κ3) is 12.5. The van der Waals surface area contributed by atoms with E-state index in [2.05, 4.69) is 194 Å². The molecule has 64 heavy (non-hydrogen) atoms. The van der Waals surface area contributed by atoms with Crippen LogP contribution in [0.2, 0.25) is 0 Å². The molecule has 2 aliphatic heterocycles. The molecule has 0 unspecified atom stereocenters. The number of hydrogen-bond acceptors (Lipinski definition) is 2. The van der Waals surface area contributed by atoms with Crippen LogP contribution in [0.1, 0.15) is 88.8 Å². The molecule has 0 fully saturated rings. The third-order valence-corrected chi connectivity index (χ3v) is 10.2. The van der Waals surface area contributed by atoms with Gasteiger partial charge in [0.1, 0.15) is 11.5 Å². The Bertz CT molecular complexity index is 2490. The summed E-state index contributed by atoms with van der Waals surface area (Å²) in [6.07, 6.45) is 8.76. The first-order chi connectivity index (χ1) is 29.7. The maximum Gasteiger partial charge on any atom is 0.178 e. The van der Waals surface area contributed by atoms with Crippen LogP contribution in [0.25, 0.3) is 33.7 Å². The first kappa shape index (κ1) is 57.6. The monoisotopic (exact) mass is 996 g/mol. The third-order valence-electron chi connectivity index (χ3n) is 10.2. The van der Waals surface area contributed by atoms with Crippen molar-refractivity contribution in [2.24, 2.45) is 0 Å². The fourth-order valence-corrected chi connectivity index (χ4v) is 7.55. The fourth-order valence-electron chi connectivity index (χ4n) is 7.55. The minimum Gasteiger partial charge on any atom is -0.473 e. The number of hydrogen-bond donors (Lipinski definition) is 0. The summed E-state index contributed by atoms with van der Waals surface area (Å²) < 4.78 is 13.5. The predicted molar refractivity (Wildman–Crippen MR) is 273 cm³/mol. The molecule has 2 nitrogen and oxygen atoms in total. The van der Waals surface area contributed by atoms with Crippen LogP contribution in [0.4, 0.5) is 0 Å². The van der Waals surface area contributed by atoms with Crippen LogP contribution in [0.5, 0.6) is 11.5 Å². The largest absolute Gasteiger partial charge is 0.473 e. The van der Waals surface area contributed by atoms with E-state index < -0.39 is 11.2 Å². The molecule has 0 saturated carbocycles. The Hall–Kier alpha value is -4.43. The smallest absolute Gasteiger partial charge is 0.178 e. The van der Waals surface area contributed by atoms with E-state index in [9.17, 15) is 0 Å². The summed E-state index contributed by atoms with van der Waals surface area (Å²) in [6, 6.07) is 67.0. The average molecular weight is 997 g/mol. The van der Waals surface area contributed by atoms with Gasteiger partial charge in [-0.1, -0.05) is 250 Å². The van der Waals surface area contributed by atoms with E-state index in [0.717, 1.165) is 50.3 Å². The molecule has 0 spiro atoms. The second-order valence-electron chi connectivity index (χ2n) is 13.2. The molecule has 8 aromatic carbocycles. The molecule has 0 bridgehead atoms. The van der Waals surface area contributed by atoms with Gasteiger partial charge in [0.15, 0.2) is 11.2 Å². The van der Waals surface area contributed by atoms with Crippen LogP contribution in [-0.2, 0) is 76.6 Å². The van der Waals surface area contributed by atoms with E-state index in [1.165, 1.54) is 16.2 Å². The van der Waals surface area contributed by atoms with Crippen LogP contribution in [0.15, 0.2) is 206 Å². The maximum atomic E-state index is 6.82. The van der Waals surface area contributed by atoms with Gasteiger partial charge in [-0.3, -0.25) is 0 Å². The Morgan fingerprint density at radius 1 is 0.328 bits per heavy atom. The van der Waals surface area contributed by atoms with Crippen LogP contribution in [-0.4, -0.2) is 0 Å². The van der Waals surface area contributed by atoms with Gasteiger partial charge in [-0.15, -0.1) is 0 Å². The first-order valence-electron chi connectivity index (χ1n) is 21.8. The zero-order valence-electron chi connectivity index (χ0n) is 39.8. The minimum absolute atomic E-state index is 0. The van der Waals surface area contributed by atoms with E-state index in [1.807, 2.05) is 79.7 Å². The molecule has 4 heteroatoms. The van der Waals surface area contributed by atoms with Crippen molar-refractivity contribution in [1.29, 1.82) is 0 Å². The van der Waals surface area contributed by atoms with Crippen molar-refractivity contribution in [3.05, 3.63) is 255 Å². The molecular weight excluding hydrogens is 930 g/mol. The van der Waals surface area contributed by atoms with Crippen molar-refractivity contribution in [3.8, 4) is 11.5 Å². The second-order valence-corrected chi connectivity index (χ2v) is 13.2. The summed E-state index contributed by atoms with van der Waals surface area (Å²) in [4.78, 5) is 0. The quantitative estimate of drug-likeness (QED) is 0.164. The van der Waals surface area contributed by atoms with Crippen LogP contribution >= 0.6 is 0 Å². The van der Waals surface area contributed by atoms with Gasteiger partial charge in [-0.05, 0) is 40.5 Å². The zero-order valence-corrected chi connectivity index (χ0v) is 45.4. The van der Waals surface area contributed by atoms with Gasteiger partial charge in [-0.2, -0.15) is 0 Å². The molecule has 8 aromatic rings. The molecule has 10 rings (SSSR count). The summed E-state index contributed by atoms with van der Waals surface area (Å²) in [6.45, 7) is 16.0. The fraction of sp³-hybridized carbons (Fsp3) is 0.167. The summed E-state index contributed by atoms with van der Waals surface area (Å²) in [7, 11) is 0. The van der Waals surface area contributed by atoms with Gasteiger partial charge in [-0.25, -0.2) is 0 Å². The molecule has 0 amide bonds. The molecule has 0 N–H and O–H groups in total. The molecule has 2 aliphatic rings. The van der Waals surface area contributed by atoms with E-state index in [4.69, 9.17) is 9.47 Å². The number of rotatable bonds is 4. The topological polar surface area (TPSA) is 18.5 Å². The summed E-state index contributed by atoms with van der Waals surface area (Å²) in [5.41, 5.74) is 5.53. The van der Waals surface area contributed by atoms with Crippen LogP contribution < -0.4 is 9.47 Å². The maximum absolute atomic E-state index is 6.82. The van der Waals surface area contributed by atoms with E-state index >= 15 is 0 Å². The molecule has 0 atom stereocenters. The second kappa shape index (κ2) is 29.2. The van der Waals surface area contributed by atoms with Crippen LogP contribution in [0, 0.1) is 14.9 Å². The van der Waals surface area contributed by atoms with E-state index in [1.54, 1.807) is 0 Å². The van der Waals surface area contributed by atoms with Crippen molar-refractivity contribution >= 4 is 33.7 Å². The van der Waals surface area contributed by atoms with Gasteiger partial charge in [0.2, 0.25) is 0 Å². The van der Waals surface area contributed by atoms with Crippen molar-refractivity contribution in [1.82, 2.24) is 0 Å². The summed E-state index contributed by atoms with van der Waals surface area (Å²) in [5, 5.41) is 4.78. The molecular formula is C60H66O2Y2-2. The minimum atomic E-state index is -0.625. The predicted octanol–water partition coefficient (Wildman–Crippen LogP) is 17.4. The van der Waals surface area contributed by atoms with Gasteiger partial charge < -0.3 is 24.3 Å². The van der Waals surface area contributed by atoms with Crippen molar-refractivity contribution in [2.75, 3.05) is 0 Å². The zero-order chi connectivity index (χ0) is 42.8. The standard InChI is InChI=1S/2C25H18O.4C2H6.2CH3.2Y/c1-3-10-21(11-4-1)25(22-12-5-2-6-13-22)18-17-20-16-15-19-9-7-8-14-23(19)24(20)26-25;1-3-10-20(11-4-1)25(21-12-5-2-6-13-21)18-17-23-22-14-8-7-9-19(22)15-16-24(23)26-25;4*1-2;;;;/h2*1-18H;4*1-2H3;2*1H3;;/q;;;;;;2*-1;;. The molecule has 0 aromatic heterocycles. The Labute approximate surface area is 437 Å². The average Bonchev–Trinajstić information content (AvgIpc) is 3.37. The van der Waals surface area contributed by atoms with Gasteiger partial charge in [0, 0.05) is 104 Å². The number of ether oxygens (including phenoxy) is 2.